The van der Waals surface area contributed by atoms with Crippen molar-refractivity contribution in [1.29, 1.82) is 0 Å². The van der Waals surface area contributed by atoms with Crippen LogP contribution in [0.3, 0.4) is 0 Å². The minimum Gasteiger partial charge on any atom is -0.324 e. The molecule has 0 fully saturated rings. The molecule has 2 rings (SSSR count). The maximum Gasteiger partial charge on any atom is 0.0931 e. The van der Waals surface area contributed by atoms with Gasteiger partial charge < -0.3 is 5.73 Å². The second kappa shape index (κ2) is 5.00. The number of hydrogen-bond acceptors (Lipinski definition) is 2. The standard InChI is InChI=1S/C13H14ClNS/c1-9-2-4-10(5-3-9)12(15)8-11-6-7-13(14)16-11/h2-7,12H,8,15H2,1H3. The number of hydrogen-bond donors (Lipinski definition) is 1. The third-order valence-electron chi connectivity index (χ3n) is 2.56. The van der Waals surface area contributed by atoms with Gasteiger partial charge in [0.15, 0.2) is 0 Å². The molecule has 1 atom stereocenters. The summed E-state index contributed by atoms with van der Waals surface area (Å²) >= 11 is 7.49. The van der Waals surface area contributed by atoms with E-state index in [2.05, 4.69) is 31.2 Å². The van der Waals surface area contributed by atoms with Gasteiger partial charge in [0.05, 0.1) is 4.34 Å². The summed E-state index contributed by atoms with van der Waals surface area (Å²) in [5.74, 6) is 0. The highest BCUT2D eigenvalue weighted by Crippen LogP contribution is 2.25. The quantitative estimate of drug-likeness (QED) is 0.878. The van der Waals surface area contributed by atoms with E-state index in [1.807, 2.05) is 12.1 Å². The highest BCUT2D eigenvalue weighted by Gasteiger charge is 2.08. The lowest BCUT2D eigenvalue weighted by Gasteiger charge is -2.10. The second-order valence-corrected chi connectivity index (χ2v) is 5.73. The summed E-state index contributed by atoms with van der Waals surface area (Å²) < 4.78 is 0.825. The van der Waals surface area contributed by atoms with Crippen molar-refractivity contribution in [3.63, 3.8) is 0 Å². The van der Waals surface area contributed by atoms with Crippen LogP contribution in [0.25, 0.3) is 0 Å². The van der Waals surface area contributed by atoms with Crippen LogP contribution in [0.5, 0.6) is 0 Å². The van der Waals surface area contributed by atoms with Crippen LogP contribution in [-0.4, -0.2) is 0 Å². The first-order valence-corrected chi connectivity index (χ1v) is 6.41. The van der Waals surface area contributed by atoms with Gasteiger partial charge in [-0.05, 0) is 24.6 Å². The fourth-order valence-electron chi connectivity index (χ4n) is 1.61. The van der Waals surface area contributed by atoms with Crippen LogP contribution in [0, 0.1) is 6.92 Å². The zero-order valence-corrected chi connectivity index (χ0v) is 10.7. The molecule has 1 aromatic heterocycles. The minimum absolute atomic E-state index is 0.0512. The van der Waals surface area contributed by atoms with Gasteiger partial charge in [-0.25, -0.2) is 0 Å². The van der Waals surface area contributed by atoms with Crippen molar-refractivity contribution < 1.29 is 0 Å². The van der Waals surface area contributed by atoms with Gasteiger partial charge in [-0.3, -0.25) is 0 Å². The molecule has 2 N–H and O–H groups in total. The summed E-state index contributed by atoms with van der Waals surface area (Å²) in [6.07, 6.45) is 0.848. The zero-order chi connectivity index (χ0) is 11.5. The van der Waals surface area contributed by atoms with Crippen LogP contribution in [0.1, 0.15) is 22.0 Å². The smallest absolute Gasteiger partial charge is 0.0931 e. The van der Waals surface area contributed by atoms with Gasteiger partial charge in [0, 0.05) is 17.3 Å². The van der Waals surface area contributed by atoms with E-state index >= 15 is 0 Å². The predicted molar refractivity (Wildman–Crippen MR) is 71.1 cm³/mol. The Morgan fingerprint density at radius 1 is 1.19 bits per heavy atom. The van der Waals surface area contributed by atoms with Crippen molar-refractivity contribution in [2.24, 2.45) is 5.73 Å². The summed E-state index contributed by atoms with van der Waals surface area (Å²) in [5, 5.41) is 0. The highest BCUT2D eigenvalue weighted by molar-refractivity contribution is 7.16. The third-order valence-corrected chi connectivity index (χ3v) is 3.81. The summed E-state index contributed by atoms with van der Waals surface area (Å²) in [5.41, 5.74) is 8.59. The summed E-state index contributed by atoms with van der Waals surface area (Å²) in [4.78, 5) is 1.23. The molecule has 0 bridgehead atoms. The minimum atomic E-state index is 0.0512. The first-order valence-electron chi connectivity index (χ1n) is 5.21. The fourth-order valence-corrected chi connectivity index (χ4v) is 2.76. The van der Waals surface area contributed by atoms with Crippen molar-refractivity contribution >= 4 is 22.9 Å². The lowest BCUT2D eigenvalue weighted by Crippen LogP contribution is -2.12. The average Bonchev–Trinajstić information content (AvgIpc) is 2.65. The van der Waals surface area contributed by atoms with E-state index in [1.165, 1.54) is 16.0 Å². The highest BCUT2D eigenvalue weighted by atomic mass is 35.5. The van der Waals surface area contributed by atoms with Crippen LogP contribution in [0.2, 0.25) is 4.34 Å². The zero-order valence-electron chi connectivity index (χ0n) is 9.11. The predicted octanol–water partition coefficient (Wildman–Crippen LogP) is 3.95. The number of halogens is 1. The van der Waals surface area contributed by atoms with Crippen LogP contribution in [-0.2, 0) is 6.42 Å². The van der Waals surface area contributed by atoms with Crippen LogP contribution in [0.4, 0.5) is 0 Å². The van der Waals surface area contributed by atoms with Gasteiger partial charge in [0.25, 0.3) is 0 Å². The summed E-state index contributed by atoms with van der Waals surface area (Å²) in [6.45, 7) is 2.08. The molecule has 0 saturated carbocycles. The number of rotatable bonds is 3. The molecule has 1 unspecified atom stereocenters. The maximum absolute atomic E-state index is 6.15. The molecule has 0 spiro atoms. The second-order valence-electron chi connectivity index (χ2n) is 3.93. The fraction of sp³-hybridized carbons (Fsp3) is 0.231. The lowest BCUT2D eigenvalue weighted by molar-refractivity contribution is 0.730. The van der Waals surface area contributed by atoms with Crippen molar-refractivity contribution in [3.05, 3.63) is 56.7 Å². The van der Waals surface area contributed by atoms with Crippen molar-refractivity contribution in [2.45, 2.75) is 19.4 Å². The Labute approximate surface area is 105 Å². The van der Waals surface area contributed by atoms with E-state index in [9.17, 15) is 0 Å². The SMILES string of the molecule is Cc1ccc(C(N)Cc2ccc(Cl)s2)cc1. The molecule has 1 heterocycles. The first-order chi connectivity index (χ1) is 7.65. The van der Waals surface area contributed by atoms with Gasteiger partial charge in [0.1, 0.15) is 0 Å². The van der Waals surface area contributed by atoms with E-state index in [1.54, 1.807) is 11.3 Å². The number of thiophene rings is 1. The molecule has 3 heteroatoms. The molecule has 0 saturated heterocycles. The molecule has 0 amide bonds. The molecule has 16 heavy (non-hydrogen) atoms. The number of benzene rings is 1. The number of nitrogens with two attached hydrogens (primary N) is 1. The van der Waals surface area contributed by atoms with Crippen LogP contribution in [0.15, 0.2) is 36.4 Å². The molecule has 0 aliphatic rings. The van der Waals surface area contributed by atoms with E-state index in [4.69, 9.17) is 17.3 Å². The normalized spacial score (nSPS) is 12.7. The van der Waals surface area contributed by atoms with Crippen molar-refractivity contribution in [1.82, 2.24) is 0 Å². The van der Waals surface area contributed by atoms with E-state index < -0.39 is 0 Å². The molecule has 84 valence electrons. The largest absolute Gasteiger partial charge is 0.324 e. The van der Waals surface area contributed by atoms with Crippen molar-refractivity contribution in [3.8, 4) is 0 Å². The molecule has 0 aliphatic carbocycles. The third kappa shape index (κ3) is 2.85. The average molecular weight is 252 g/mol. The Morgan fingerprint density at radius 2 is 1.88 bits per heavy atom. The number of aryl methyl sites for hydroxylation is 1. The molecular formula is C13H14ClNS. The Balaban J connectivity index is 2.08. The van der Waals surface area contributed by atoms with E-state index in [0.717, 1.165) is 10.8 Å². The van der Waals surface area contributed by atoms with Gasteiger partial charge >= 0.3 is 0 Å². The maximum atomic E-state index is 6.15. The first kappa shape index (κ1) is 11.6. The summed E-state index contributed by atoms with van der Waals surface area (Å²) in [6, 6.07) is 12.4. The Bertz CT molecular complexity index is 461. The van der Waals surface area contributed by atoms with E-state index in [-0.39, 0.29) is 6.04 Å². The lowest BCUT2D eigenvalue weighted by atomic mass is 10.0. The van der Waals surface area contributed by atoms with Gasteiger partial charge in [0.2, 0.25) is 0 Å². The Morgan fingerprint density at radius 3 is 2.44 bits per heavy atom. The molecule has 1 aromatic carbocycles. The van der Waals surface area contributed by atoms with Gasteiger partial charge in [-0.2, -0.15) is 0 Å². The summed E-state index contributed by atoms with van der Waals surface area (Å²) in [7, 11) is 0. The van der Waals surface area contributed by atoms with Crippen LogP contribution < -0.4 is 5.73 Å². The van der Waals surface area contributed by atoms with Gasteiger partial charge in [-0.15, -0.1) is 11.3 Å². The molecule has 0 radical (unpaired) electrons. The molecular weight excluding hydrogens is 238 g/mol. The van der Waals surface area contributed by atoms with Gasteiger partial charge in [-0.1, -0.05) is 41.4 Å². The monoisotopic (exact) mass is 251 g/mol. The Hall–Kier alpha value is -0.830. The molecule has 1 nitrogen and oxygen atoms in total. The Kier molecular flexibility index (Phi) is 3.64. The van der Waals surface area contributed by atoms with E-state index in [0.29, 0.717) is 0 Å². The van der Waals surface area contributed by atoms with Crippen molar-refractivity contribution in [2.75, 3.05) is 0 Å². The molecule has 0 aliphatic heterocycles. The van der Waals surface area contributed by atoms with Crippen LogP contribution >= 0.6 is 22.9 Å². The molecule has 2 aromatic rings. The topological polar surface area (TPSA) is 26.0 Å².